The molecule has 124 valence electrons. The Morgan fingerprint density at radius 1 is 1.12 bits per heavy atom. The topological polar surface area (TPSA) is 56.1 Å². The SMILES string of the molecule is Cc1cc(C#N)nc(N2CCN(C(C)c3ccc(Cl)cc3)CC2)n1. The monoisotopic (exact) mass is 341 g/mol. The molecule has 0 N–H and O–H groups in total. The first kappa shape index (κ1) is 16.7. The molecule has 0 amide bonds. The molecule has 2 aromatic rings. The fraction of sp³-hybridized carbons (Fsp3) is 0.389. The maximum atomic E-state index is 9.07. The first-order valence-electron chi connectivity index (χ1n) is 8.07. The van der Waals surface area contributed by atoms with Crippen molar-refractivity contribution in [3.05, 3.63) is 52.3 Å². The third kappa shape index (κ3) is 3.66. The first-order chi connectivity index (χ1) is 11.6. The van der Waals surface area contributed by atoms with E-state index in [-0.39, 0.29) is 0 Å². The number of nitriles is 1. The van der Waals surface area contributed by atoms with Gasteiger partial charge in [-0.05, 0) is 37.6 Å². The van der Waals surface area contributed by atoms with Gasteiger partial charge in [0.1, 0.15) is 11.8 Å². The minimum Gasteiger partial charge on any atom is -0.338 e. The van der Waals surface area contributed by atoms with E-state index in [4.69, 9.17) is 16.9 Å². The van der Waals surface area contributed by atoms with E-state index < -0.39 is 0 Å². The van der Waals surface area contributed by atoms with Gasteiger partial charge in [0.05, 0.1) is 0 Å². The lowest BCUT2D eigenvalue weighted by atomic mass is 10.1. The number of hydrogen-bond acceptors (Lipinski definition) is 5. The zero-order valence-electron chi connectivity index (χ0n) is 13.9. The van der Waals surface area contributed by atoms with Crippen molar-refractivity contribution >= 4 is 17.5 Å². The second-order valence-electron chi connectivity index (χ2n) is 6.06. The van der Waals surface area contributed by atoms with Crippen LogP contribution >= 0.6 is 11.6 Å². The van der Waals surface area contributed by atoms with Crippen LogP contribution in [0.15, 0.2) is 30.3 Å². The summed E-state index contributed by atoms with van der Waals surface area (Å²) in [5, 5.41) is 9.83. The van der Waals surface area contributed by atoms with Crippen molar-refractivity contribution in [2.45, 2.75) is 19.9 Å². The highest BCUT2D eigenvalue weighted by atomic mass is 35.5. The molecule has 1 aromatic carbocycles. The number of piperazine rings is 1. The number of aryl methyl sites for hydroxylation is 1. The molecule has 0 bridgehead atoms. The van der Waals surface area contributed by atoms with Gasteiger partial charge in [-0.2, -0.15) is 5.26 Å². The van der Waals surface area contributed by atoms with Gasteiger partial charge < -0.3 is 4.90 Å². The molecule has 6 heteroatoms. The van der Waals surface area contributed by atoms with Crippen LogP contribution in [0.3, 0.4) is 0 Å². The molecule has 1 aromatic heterocycles. The Bertz CT molecular complexity index is 745. The molecule has 24 heavy (non-hydrogen) atoms. The molecular weight excluding hydrogens is 322 g/mol. The summed E-state index contributed by atoms with van der Waals surface area (Å²) in [4.78, 5) is 13.4. The largest absolute Gasteiger partial charge is 0.338 e. The second-order valence-corrected chi connectivity index (χ2v) is 6.49. The number of nitrogens with zero attached hydrogens (tertiary/aromatic N) is 5. The van der Waals surface area contributed by atoms with Gasteiger partial charge in [-0.1, -0.05) is 23.7 Å². The lowest BCUT2D eigenvalue weighted by Crippen LogP contribution is -2.47. The molecule has 1 unspecified atom stereocenters. The fourth-order valence-corrected chi connectivity index (χ4v) is 3.14. The van der Waals surface area contributed by atoms with Gasteiger partial charge in [-0.15, -0.1) is 0 Å². The maximum Gasteiger partial charge on any atom is 0.226 e. The van der Waals surface area contributed by atoms with Crippen LogP contribution in [-0.4, -0.2) is 41.0 Å². The van der Waals surface area contributed by atoms with Crippen molar-refractivity contribution in [2.75, 3.05) is 31.1 Å². The molecule has 0 saturated carbocycles. The predicted octanol–water partition coefficient (Wildman–Crippen LogP) is 3.19. The predicted molar refractivity (Wildman–Crippen MR) is 95.1 cm³/mol. The molecule has 0 spiro atoms. The van der Waals surface area contributed by atoms with Gasteiger partial charge in [0.25, 0.3) is 0 Å². The number of hydrogen-bond donors (Lipinski definition) is 0. The number of anilines is 1. The van der Waals surface area contributed by atoms with Gasteiger partial charge in [0.2, 0.25) is 5.95 Å². The quantitative estimate of drug-likeness (QED) is 0.858. The molecule has 2 heterocycles. The van der Waals surface area contributed by atoms with Crippen molar-refractivity contribution in [3.63, 3.8) is 0 Å². The summed E-state index contributed by atoms with van der Waals surface area (Å²) in [6.45, 7) is 7.69. The molecule has 1 atom stereocenters. The van der Waals surface area contributed by atoms with Crippen LogP contribution in [0.5, 0.6) is 0 Å². The number of rotatable bonds is 3. The van der Waals surface area contributed by atoms with E-state index in [9.17, 15) is 0 Å². The number of halogens is 1. The van der Waals surface area contributed by atoms with Crippen molar-refractivity contribution in [1.29, 1.82) is 5.26 Å². The molecule has 5 nitrogen and oxygen atoms in total. The minimum absolute atomic E-state index is 0.345. The summed E-state index contributed by atoms with van der Waals surface area (Å²) in [7, 11) is 0. The smallest absolute Gasteiger partial charge is 0.226 e. The van der Waals surface area contributed by atoms with Crippen LogP contribution in [0.4, 0.5) is 5.95 Å². The molecule has 3 rings (SSSR count). The van der Waals surface area contributed by atoms with Gasteiger partial charge in [-0.25, -0.2) is 9.97 Å². The van der Waals surface area contributed by atoms with Gasteiger partial charge in [0.15, 0.2) is 0 Å². The molecule has 1 fully saturated rings. The Labute approximate surface area is 147 Å². The standard InChI is InChI=1S/C18H20ClN5/c1-13-11-17(12-20)22-18(21-13)24-9-7-23(8-10-24)14(2)15-3-5-16(19)6-4-15/h3-6,11,14H,7-10H2,1-2H3. The Balaban J connectivity index is 1.66. The lowest BCUT2D eigenvalue weighted by molar-refractivity contribution is 0.198. The Kier molecular flexibility index (Phi) is 4.98. The molecule has 1 aliphatic heterocycles. The molecule has 0 radical (unpaired) electrons. The molecule has 0 aliphatic carbocycles. The summed E-state index contributed by atoms with van der Waals surface area (Å²) in [5.41, 5.74) is 2.52. The van der Waals surface area contributed by atoms with Crippen LogP contribution in [-0.2, 0) is 0 Å². The zero-order valence-corrected chi connectivity index (χ0v) is 14.7. The van der Waals surface area contributed by atoms with Crippen LogP contribution in [0.25, 0.3) is 0 Å². The summed E-state index contributed by atoms with van der Waals surface area (Å²) in [6.07, 6.45) is 0. The zero-order chi connectivity index (χ0) is 17.1. The van der Waals surface area contributed by atoms with E-state index in [1.54, 1.807) is 6.07 Å². The maximum absolute atomic E-state index is 9.07. The molecule has 1 aliphatic rings. The van der Waals surface area contributed by atoms with E-state index in [2.05, 4.69) is 44.9 Å². The third-order valence-corrected chi connectivity index (χ3v) is 4.71. The Morgan fingerprint density at radius 2 is 1.79 bits per heavy atom. The summed E-state index contributed by atoms with van der Waals surface area (Å²) in [5.74, 6) is 0.658. The molecular formula is C18H20ClN5. The van der Waals surface area contributed by atoms with Gasteiger partial charge >= 0.3 is 0 Å². The normalized spacial score (nSPS) is 16.7. The van der Waals surface area contributed by atoms with Crippen LogP contribution in [0.1, 0.15) is 29.9 Å². The highest BCUT2D eigenvalue weighted by Crippen LogP contribution is 2.24. The van der Waals surface area contributed by atoms with Crippen molar-refractivity contribution < 1.29 is 0 Å². The summed E-state index contributed by atoms with van der Waals surface area (Å²) < 4.78 is 0. The van der Waals surface area contributed by atoms with E-state index in [1.165, 1.54) is 5.56 Å². The molecule has 1 saturated heterocycles. The van der Waals surface area contributed by atoms with E-state index in [1.807, 2.05) is 19.1 Å². The summed E-state index contributed by atoms with van der Waals surface area (Å²) >= 11 is 5.97. The van der Waals surface area contributed by atoms with E-state index in [0.29, 0.717) is 17.7 Å². The first-order valence-corrected chi connectivity index (χ1v) is 8.45. The highest BCUT2D eigenvalue weighted by molar-refractivity contribution is 6.30. The minimum atomic E-state index is 0.345. The third-order valence-electron chi connectivity index (χ3n) is 4.45. The number of benzene rings is 1. The van der Waals surface area contributed by atoms with E-state index in [0.717, 1.165) is 36.9 Å². The highest BCUT2D eigenvalue weighted by Gasteiger charge is 2.23. The average Bonchev–Trinajstić information content (AvgIpc) is 2.61. The second kappa shape index (κ2) is 7.16. The van der Waals surface area contributed by atoms with Gasteiger partial charge in [0, 0.05) is 42.9 Å². The Hall–Kier alpha value is -2.16. The average molecular weight is 342 g/mol. The lowest BCUT2D eigenvalue weighted by Gasteiger charge is -2.38. The van der Waals surface area contributed by atoms with E-state index >= 15 is 0 Å². The van der Waals surface area contributed by atoms with Gasteiger partial charge in [-0.3, -0.25) is 4.90 Å². The summed E-state index contributed by atoms with van der Waals surface area (Å²) in [6, 6.07) is 12.2. The van der Waals surface area contributed by atoms with Crippen molar-refractivity contribution in [1.82, 2.24) is 14.9 Å². The fourth-order valence-electron chi connectivity index (χ4n) is 3.01. The number of aromatic nitrogens is 2. The van der Waals surface area contributed by atoms with Crippen LogP contribution < -0.4 is 4.90 Å². The van der Waals surface area contributed by atoms with Crippen molar-refractivity contribution in [3.8, 4) is 6.07 Å². The van der Waals surface area contributed by atoms with Crippen LogP contribution in [0, 0.1) is 18.3 Å². The van der Waals surface area contributed by atoms with Crippen molar-refractivity contribution in [2.24, 2.45) is 0 Å². The Morgan fingerprint density at radius 3 is 2.42 bits per heavy atom. The van der Waals surface area contributed by atoms with Crippen LogP contribution in [0.2, 0.25) is 5.02 Å².